The van der Waals surface area contributed by atoms with Gasteiger partial charge in [0.05, 0.1) is 18.7 Å². The predicted molar refractivity (Wildman–Crippen MR) is 49.8 cm³/mol. The van der Waals surface area contributed by atoms with Gasteiger partial charge in [-0.1, -0.05) is 5.16 Å². The molecule has 0 aliphatic carbocycles. The van der Waals surface area contributed by atoms with E-state index in [0.717, 1.165) is 11.5 Å². The molecule has 0 aliphatic rings. The Kier molecular flexibility index (Phi) is 3.64. The first-order valence-electron chi connectivity index (χ1n) is 4.40. The van der Waals surface area contributed by atoms with E-state index < -0.39 is 5.97 Å². The first-order chi connectivity index (χ1) is 6.58. The zero-order valence-electron chi connectivity index (χ0n) is 8.36. The fraction of sp³-hybridized carbons (Fsp3) is 0.556. The molecular weight excluding hydrogens is 184 g/mol. The van der Waals surface area contributed by atoms with Gasteiger partial charge in [-0.3, -0.25) is 9.69 Å². The number of hydrogen-bond donors (Lipinski definition) is 1. The van der Waals surface area contributed by atoms with Gasteiger partial charge in [-0.2, -0.15) is 0 Å². The van der Waals surface area contributed by atoms with Gasteiger partial charge < -0.3 is 9.63 Å². The molecular formula is C9H14N2O3. The molecule has 0 atom stereocenters. The predicted octanol–water partition coefficient (Wildman–Crippen LogP) is 0.890. The molecule has 5 nitrogen and oxygen atoms in total. The second-order valence-electron chi connectivity index (χ2n) is 3.32. The van der Waals surface area contributed by atoms with Crippen LogP contribution in [0.25, 0.3) is 0 Å². The van der Waals surface area contributed by atoms with Crippen molar-refractivity contribution in [3.63, 3.8) is 0 Å². The van der Waals surface area contributed by atoms with Crippen molar-refractivity contribution in [1.82, 2.24) is 10.1 Å². The lowest BCUT2D eigenvalue weighted by Gasteiger charge is -2.12. The molecule has 0 aromatic carbocycles. The minimum atomic E-state index is -0.786. The molecule has 1 aromatic heterocycles. The van der Waals surface area contributed by atoms with Crippen LogP contribution in [0.4, 0.5) is 0 Å². The normalized spacial score (nSPS) is 10.8. The van der Waals surface area contributed by atoms with Crippen molar-refractivity contribution in [2.75, 3.05) is 13.6 Å². The van der Waals surface area contributed by atoms with Crippen LogP contribution in [0.1, 0.15) is 17.9 Å². The molecule has 1 rings (SSSR count). The smallest absolute Gasteiger partial charge is 0.304 e. The lowest BCUT2D eigenvalue weighted by atomic mass is 10.3. The molecule has 0 saturated heterocycles. The van der Waals surface area contributed by atoms with Crippen LogP contribution in [0.2, 0.25) is 0 Å². The number of rotatable bonds is 5. The van der Waals surface area contributed by atoms with Crippen LogP contribution in [-0.4, -0.2) is 34.7 Å². The largest absolute Gasteiger partial charge is 0.481 e. The third-order valence-corrected chi connectivity index (χ3v) is 1.81. The van der Waals surface area contributed by atoms with Crippen LogP contribution in [-0.2, 0) is 11.3 Å². The Morgan fingerprint density at radius 1 is 1.71 bits per heavy atom. The van der Waals surface area contributed by atoms with Crippen molar-refractivity contribution in [3.05, 3.63) is 17.5 Å². The second kappa shape index (κ2) is 4.76. The summed E-state index contributed by atoms with van der Waals surface area (Å²) < 4.78 is 5.00. The van der Waals surface area contributed by atoms with Crippen molar-refractivity contribution >= 4 is 5.97 Å². The van der Waals surface area contributed by atoms with Crippen LogP contribution in [0.5, 0.6) is 0 Å². The molecule has 1 aromatic rings. The summed E-state index contributed by atoms with van der Waals surface area (Å²) in [5.41, 5.74) is 0.839. The highest BCUT2D eigenvalue weighted by Gasteiger charge is 2.06. The number of carbonyl (C=O) groups is 1. The van der Waals surface area contributed by atoms with Gasteiger partial charge in [-0.25, -0.2) is 0 Å². The molecule has 78 valence electrons. The number of nitrogens with zero attached hydrogens (tertiary/aromatic N) is 2. The van der Waals surface area contributed by atoms with Gasteiger partial charge in [0.1, 0.15) is 0 Å². The van der Waals surface area contributed by atoms with Gasteiger partial charge in [-0.05, 0) is 14.0 Å². The fourth-order valence-electron chi connectivity index (χ4n) is 1.12. The van der Waals surface area contributed by atoms with Gasteiger partial charge in [0.15, 0.2) is 5.76 Å². The highest BCUT2D eigenvalue weighted by molar-refractivity contribution is 5.66. The Morgan fingerprint density at radius 2 is 2.43 bits per heavy atom. The Balaban J connectivity index is 2.33. The molecule has 1 heterocycles. The summed E-state index contributed by atoms with van der Waals surface area (Å²) in [5, 5.41) is 12.2. The average Bonchev–Trinajstić information content (AvgIpc) is 2.48. The first kappa shape index (κ1) is 10.7. The summed E-state index contributed by atoms with van der Waals surface area (Å²) in [5.74, 6) is -0.0269. The number of aliphatic carboxylic acids is 1. The first-order valence-corrected chi connectivity index (χ1v) is 4.40. The highest BCUT2D eigenvalue weighted by Crippen LogP contribution is 2.05. The summed E-state index contributed by atoms with van der Waals surface area (Å²) in [7, 11) is 1.85. The zero-order chi connectivity index (χ0) is 10.6. The standard InChI is InChI=1S/C9H14N2O3/c1-7-5-8(14-10-7)6-11(2)4-3-9(12)13/h5H,3-4,6H2,1-2H3,(H,12,13). The van der Waals surface area contributed by atoms with Crippen LogP contribution in [0, 0.1) is 6.92 Å². The lowest BCUT2D eigenvalue weighted by Crippen LogP contribution is -2.20. The summed E-state index contributed by atoms with van der Waals surface area (Å²) >= 11 is 0. The summed E-state index contributed by atoms with van der Waals surface area (Å²) in [6.45, 7) is 2.95. The summed E-state index contributed by atoms with van der Waals surface area (Å²) in [6.07, 6.45) is 0.142. The van der Waals surface area contributed by atoms with Crippen LogP contribution < -0.4 is 0 Å². The van der Waals surface area contributed by atoms with E-state index in [9.17, 15) is 4.79 Å². The van der Waals surface area contributed by atoms with Gasteiger partial charge in [0, 0.05) is 12.6 Å². The van der Waals surface area contributed by atoms with E-state index in [1.165, 1.54) is 0 Å². The molecule has 0 spiro atoms. The zero-order valence-corrected chi connectivity index (χ0v) is 8.36. The lowest BCUT2D eigenvalue weighted by molar-refractivity contribution is -0.137. The van der Waals surface area contributed by atoms with E-state index in [2.05, 4.69) is 5.16 Å². The SMILES string of the molecule is Cc1cc(CN(C)CCC(=O)O)on1. The topological polar surface area (TPSA) is 66.6 Å². The third kappa shape index (κ3) is 3.57. The van der Waals surface area contributed by atoms with E-state index in [4.69, 9.17) is 9.63 Å². The van der Waals surface area contributed by atoms with E-state index in [1.807, 2.05) is 24.9 Å². The monoisotopic (exact) mass is 198 g/mol. The van der Waals surface area contributed by atoms with Crippen molar-refractivity contribution in [3.8, 4) is 0 Å². The minimum absolute atomic E-state index is 0.142. The number of hydrogen-bond acceptors (Lipinski definition) is 4. The van der Waals surface area contributed by atoms with Crippen molar-refractivity contribution in [1.29, 1.82) is 0 Å². The Bertz CT molecular complexity index is 309. The molecule has 0 radical (unpaired) electrons. The van der Waals surface area contributed by atoms with E-state index >= 15 is 0 Å². The van der Waals surface area contributed by atoms with E-state index in [1.54, 1.807) is 0 Å². The van der Waals surface area contributed by atoms with Crippen LogP contribution in [0.3, 0.4) is 0 Å². The fourth-order valence-corrected chi connectivity index (χ4v) is 1.12. The molecule has 0 aliphatic heterocycles. The van der Waals surface area contributed by atoms with Crippen molar-refractivity contribution in [2.24, 2.45) is 0 Å². The van der Waals surface area contributed by atoms with Gasteiger partial charge in [0.2, 0.25) is 0 Å². The summed E-state index contributed by atoms with van der Waals surface area (Å²) in [6, 6.07) is 1.84. The molecule has 1 N–H and O–H groups in total. The molecule has 0 fully saturated rings. The maximum Gasteiger partial charge on any atom is 0.304 e. The van der Waals surface area contributed by atoms with Crippen LogP contribution in [0.15, 0.2) is 10.6 Å². The van der Waals surface area contributed by atoms with Crippen LogP contribution >= 0.6 is 0 Å². The number of carboxylic acid groups (broad SMARTS) is 1. The second-order valence-corrected chi connectivity index (χ2v) is 3.32. The molecule has 0 amide bonds. The maximum absolute atomic E-state index is 10.3. The third-order valence-electron chi connectivity index (χ3n) is 1.81. The molecule has 14 heavy (non-hydrogen) atoms. The molecule has 0 bridgehead atoms. The van der Waals surface area contributed by atoms with Gasteiger partial charge in [0.25, 0.3) is 0 Å². The molecule has 0 saturated carbocycles. The molecule has 5 heteroatoms. The number of aryl methyl sites for hydroxylation is 1. The van der Waals surface area contributed by atoms with E-state index in [-0.39, 0.29) is 6.42 Å². The Morgan fingerprint density at radius 3 is 2.93 bits per heavy atom. The van der Waals surface area contributed by atoms with Gasteiger partial charge >= 0.3 is 5.97 Å². The van der Waals surface area contributed by atoms with E-state index in [0.29, 0.717) is 13.1 Å². The minimum Gasteiger partial charge on any atom is -0.481 e. The number of carboxylic acids is 1. The van der Waals surface area contributed by atoms with Crippen molar-refractivity contribution in [2.45, 2.75) is 19.9 Å². The highest BCUT2D eigenvalue weighted by atomic mass is 16.5. The van der Waals surface area contributed by atoms with Crippen molar-refractivity contribution < 1.29 is 14.4 Å². The molecule has 0 unspecified atom stereocenters. The average molecular weight is 198 g/mol. The quantitative estimate of drug-likeness (QED) is 0.761. The number of aromatic nitrogens is 1. The Labute approximate surface area is 82.3 Å². The Hall–Kier alpha value is -1.36. The maximum atomic E-state index is 10.3. The summed E-state index contributed by atoms with van der Waals surface area (Å²) in [4.78, 5) is 12.2. The van der Waals surface area contributed by atoms with Gasteiger partial charge in [-0.15, -0.1) is 0 Å².